The quantitative estimate of drug-likeness (QED) is 0.482. The van der Waals surface area contributed by atoms with Crippen molar-refractivity contribution in [1.82, 2.24) is 4.98 Å². The van der Waals surface area contributed by atoms with Crippen LogP contribution in [-0.2, 0) is 0 Å². The van der Waals surface area contributed by atoms with Crippen LogP contribution in [0, 0.1) is 6.92 Å². The number of aryl methyl sites for hydroxylation is 1. The molecule has 0 fully saturated rings. The van der Waals surface area contributed by atoms with E-state index < -0.39 is 0 Å². The Labute approximate surface area is 62.4 Å². The molecular formula is C8H5NS. The van der Waals surface area contributed by atoms with Crippen LogP contribution in [0.1, 0.15) is 5.01 Å². The normalized spacial score (nSPS) is 12.1. The highest BCUT2D eigenvalue weighted by Gasteiger charge is 1.92. The van der Waals surface area contributed by atoms with Gasteiger partial charge in [0.1, 0.15) is 5.35 Å². The lowest BCUT2D eigenvalue weighted by Gasteiger charge is -1.71. The molecule has 0 aliphatic heterocycles. The third-order valence-corrected chi connectivity index (χ3v) is 2.20. The van der Waals surface area contributed by atoms with Gasteiger partial charge in [-0.15, -0.1) is 11.3 Å². The predicted molar refractivity (Wildman–Crippen MR) is 42.1 cm³/mol. The van der Waals surface area contributed by atoms with E-state index >= 15 is 0 Å². The zero-order chi connectivity index (χ0) is 6.97. The van der Waals surface area contributed by atoms with Crippen LogP contribution in [0.3, 0.4) is 0 Å². The van der Waals surface area contributed by atoms with E-state index in [0.29, 0.717) is 0 Å². The lowest BCUT2D eigenvalue weighted by Crippen LogP contribution is -2.19. The molecule has 10 heavy (non-hydrogen) atoms. The van der Waals surface area contributed by atoms with Crippen LogP contribution in [0.15, 0.2) is 11.8 Å². The standard InChI is InChI=1S/C8H5NS/c1-6-9-7-4-2-3-5-8(7)10-6/h3,5H,1H3. The minimum absolute atomic E-state index is 0.935. The van der Waals surface area contributed by atoms with Crippen molar-refractivity contribution < 1.29 is 0 Å². The number of hydrogen-bond acceptors (Lipinski definition) is 2. The van der Waals surface area contributed by atoms with Crippen molar-refractivity contribution in [3.05, 3.63) is 26.7 Å². The Balaban J connectivity index is 3.09. The number of nitrogens with zero attached hydrogens (tertiary/aromatic N) is 1. The molecule has 1 nitrogen and oxygen atoms in total. The Morgan fingerprint density at radius 1 is 1.60 bits per heavy atom. The molecule has 0 aromatic carbocycles. The summed E-state index contributed by atoms with van der Waals surface area (Å²) in [6.45, 7) is 2.00. The summed E-state index contributed by atoms with van der Waals surface area (Å²) < 4.78 is 1.19. The average Bonchev–Trinajstić information content (AvgIpc) is 2.27. The third kappa shape index (κ3) is 0.758. The number of rotatable bonds is 0. The van der Waals surface area contributed by atoms with E-state index in [0.717, 1.165) is 10.4 Å². The number of thiazole rings is 1. The van der Waals surface area contributed by atoms with Gasteiger partial charge in [-0.05, 0) is 24.8 Å². The van der Waals surface area contributed by atoms with E-state index in [1.165, 1.54) is 4.53 Å². The van der Waals surface area contributed by atoms with Gasteiger partial charge in [-0.3, -0.25) is 0 Å². The van der Waals surface area contributed by atoms with Gasteiger partial charge in [0.25, 0.3) is 0 Å². The zero-order valence-corrected chi connectivity index (χ0v) is 6.33. The fourth-order valence-electron chi connectivity index (χ4n) is 0.873. The van der Waals surface area contributed by atoms with Gasteiger partial charge in [0.05, 0.1) is 9.54 Å². The summed E-state index contributed by atoms with van der Waals surface area (Å²) in [5, 5.41) is 2.02. The molecule has 1 aromatic heterocycles. The van der Waals surface area contributed by atoms with Gasteiger partial charge in [0.15, 0.2) is 0 Å². The third-order valence-electron chi connectivity index (χ3n) is 1.27. The van der Waals surface area contributed by atoms with Crippen molar-refractivity contribution in [3.63, 3.8) is 0 Å². The maximum absolute atomic E-state index is 4.24. The van der Waals surface area contributed by atoms with Crippen molar-refractivity contribution in [2.24, 2.45) is 0 Å². The topological polar surface area (TPSA) is 12.9 Å². The van der Waals surface area contributed by atoms with Crippen molar-refractivity contribution in [1.29, 1.82) is 0 Å². The van der Waals surface area contributed by atoms with E-state index in [1.54, 1.807) is 11.3 Å². The Bertz CT molecular complexity index is 440. The maximum atomic E-state index is 4.24. The summed E-state index contributed by atoms with van der Waals surface area (Å²) >= 11 is 1.69. The van der Waals surface area contributed by atoms with Gasteiger partial charge in [0, 0.05) is 0 Å². The van der Waals surface area contributed by atoms with Crippen molar-refractivity contribution in [3.8, 4) is 0 Å². The van der Waals surface area contributed by atoms with Crippen molar-refractivity contribution >= 4 is 23.1 Å². The van der Waals surface area contributed by atoms with E-state index in [4.69, 9.17) is 0 Å². The molecule has 0 N–H and O–H groups in total. The monoisotopic (exact) mass is 147 g/mol. The first-order chi connectivity index (χ1) is 4.86. The first-order valence-electron chi connectivity index (χ1n) is 3.02. The smallest absolute Gasteiger partial charge is 0.132 e. The molecule has 1 heterocycles. The van der Waals surface area contributed by atoms with Gasteiger partial charge in [-0.25, -0.2) is 4.98 Å². The first-order valence-corrected chi connectivity index (χ1v) is 3.83. The summed E-state index contributed by atoms with van der Waals surface area (Å²) in [4.78, 5) is 4.24. The van der Waals surface area contributed by atoms with Crippen LogP contribution in [-0.4, -0.2) is 4.98 Å². The Morgan fingerprint density at radius 3 is 3.30 bits per heavy atom. The number of allylic oxidation sites excluding steroid dienone is 1. The number of aromatic nitrogens is 1. The lowest BCUT2D eigenvalue weighted by atomic mass is 10.4. The predicted octanol–water partition coefficient (Wildman–Crippen LogP) is 0.336. The molecule has 1 aliphatic rings. The highest BCUT2D eigenvalue weighted by Crippen LogP contribution is 1.90. The minimum Gasteiger partial charge on any atom is -0.232 e. The van der Waals surface area contributed by atoms with E-state index in [1.807, 2.05) is 19.1 Å². The van der Waals surface area contributed by atoms with Crippen LogP contribution < -0.4 is 9.88 Å². The molecule has 0 bridgehead atoms. The molecule has 0 amide bonds. The molecule has 0 unspecified atom stereocenters. The summed E-state index contributed by atoms with van der Waals surface area (Å²) in [7, 11) is 0. The van der Waals surface area contributed by atoms with Gasteiger partial charge < -0.3 is 0 Å². The molecular weight excluding hydrogens is 142 g/mol. The van der Waals surface area contributed by atoms with Crippen LogP contribution in [0.5, 0.6) is 0 Å². The fourth-order valence-corrected chi connectivity index (χ4v) is 1.66. The minimum atomic E-state index is 0.935. The van der Waals surface area contributed by atoms with Gasteiger partial charge in [-0.2, -0.15) is 0 Å². The summed E-state index contributed by atoms with van der Waals surface area (Å²) in [6, 6.07) is 0. The SMILES string of the molecule is Cc1nc2c(s1)=CC=C=C=2. The van der Waals surface area contributed by atoms with Crippen molar-refractivity contribution in [2.45, 2.75) is 6.92 Å². The number of fused-ring (bicyclic) bond motifs is 1. The zero-order valence-electron chi connectivity index (χ0n) is 5.51. The molecule has 48 valence electrons. The molecule has 0 saturated heterocycles. The Hall–Kier alpha value is -1.07. The summed E-state index contributed by atoms with van der Waals surface area (Å²) in [5.41, 5.74) is 5.81. The largest absolute Gasteiger partial charge is 0.232 e. The average molecular weight is 147 g/mol. The molecule has 1 aromatic rings. The Kier molecular flexibility index (Phi) is 1.12. The van der Waals surface area contributed by atoms with Crippen LogP contribution >= 0.6 is 11.3 Å². The van der Waals surface area contributed by atoms with Crippen LogP contribution in [0.4, 0.5) is 0 Å². The molecule has 0 radical (unpaired) electrons. The van der Waals surface area contributed by atoms with Crippen molar-refractivity contribution in [2.75, 3.05) is 0 Å². The second-order valence-corrected chi connectivity index (χ2v) is 3.28. The van der Waals surface area contributed by atoms with Crippen LogP contribution in [0.2, 0.25) is 0 Å². The maximum Gasteiger partial charge on any atom is 0.132 e. The lowest BCUT2D eigenvalue weighted by molar-refractivity contribution is 1.23. The molecule has 0 saturated carbocycles. The molecule has 0 spiro atoms. The van der Waals surface area contributed by atoms with Gasteiger partial charge in [0.2, 0.25) is 0 Å². The summed E-state index contributed by atoms with van der Waals surface area (Å²) in [6.07, 6.45) is 3.87. The molecule has 1 aliphatic carbocycles. The molecule has 2 rings (SSSR count). The Morgan fingerprint density at radius 2 is 2.50 bits per heavy atom. The summed E-state index contributed by atoms with van der Waals surface area (Å²) in [5.74, 6) is 0. The second kappa shape index (κ2) is 1.96. The first kappa shape index (κ1) is 5.70. The highest BCUT2D eigenvalue weighted by molar-refractivity contribution is 7.09. The second-order valence-electron chi connectivity index (χ2n) is 2.05. The van der Waals surface area contributed by atoms with E-state index in [9.17, 15) is 0 Å². The molecule has 2 heteroatoms. The van der Waals surface area contributed by atoms with E-state index in [-0.39, 0.29) is 0 Å². The fraction of sp³-hybridized carbons (Fsp3) is 0.125. The van der Waals surface area contributed by atoms with Crippen LogP contribution in [0.25, 0.3) is 11.8 Å². The van der Waals surface area contributed by atoms with Gasteiger partial charge >= 0.3 is 0 Å². The van der Waals surface area contributed by atoms with Gasteiger partial charge in [-0.1, -0.05) is 5.73 Å². The number of hydrogen-bond donors (Lipinski definition) is 0. The van der Waals surface area contributed by atoms with E-state index in [2.05, 4.69) is 16.4 Å². The highest BCUT2D eigenvalue weighted by atomic mass is 32.1. The molecule has 0 atom stereocenters.